The Morgan fingerprint density at radius 1 is 1.35 bits per heavy atom. The Kier molecular flexibility index (Phi) is 3.71. The molecule has 1 heterocycles. The highest BCUT2D eigenvalue weighted by Gasteiger charge is 2.10. The molecular formula is C12H15N3OS. The quantitative estimate of drug-likeness (QED) is 0.870. The van der Waals surface area contributed by atoms with Gasteiger partial charge in [0.2, 0.25) is 0 Å². The lowest BCUT2D eigenvalue weighted by Gasteiger charge is -2.02. The van der Waals surface area contributed by atoms with Crippen LogP contribution >= 0.6 is 11.3 Å². The van der Waals surface area contributed by atoms with Crippen molar-refractivity contribution in [1.82, 2.24) is 10.2 Å². The van der Waals surface area contributed by atoms with E-state index >= 15 is 0 Å². The third-order valence-electron chi connectivity index (χ3n) is 2.60. The van der Waals surface area contributed by atoms with Gasteiger partial charge < -0.3 is 10.8 Å². The van der Waals surface area contributed by atoms with E-state index in [9.17, 15) is 5.11 Å². The van der Waals surface area contributed by atoms with E-state index in [0.29, 0.717) is 12.3 Å². The minimum atomic E-state index is 0.293. The van der Waals surface area contributed by atoms with E-state index in [1.54, 1.807) is 17.4 Å². The first-order valence-electron chi connectivity index (χ1n) is 5.53. The minimum Gasteiger partial charge on any atom is -0.508 e. The fourth-order valence-electron chi connectivity index (χ4n) is 1.57. The molecule has 0 fully saturated rings. The van der Waals surface area contributed by atoms with E-state index in [0.717, 1.165) is 34.0 Å². The number of phenolic OH excluding ortho intramolecular Hbond substituents is 1. The van der Waals surface area contributed by atoms with Gasteiger partial charge in [0.1, 0.15) is 15.8 Å². The van der Waals surface area contributed by atoms with Crippen molar-refractivity contribution in [3.63, 3.8) is 0 Å². The van der Waals surface area contributed by atoms with E-state index in [-0.39, 0.29) is 0 Å². The maximum absolute atomic E-state index is 9.65. The van der Waals surface area contributed by atoms with Gasteiger partial charge in [-0.2, -0.15) is 0 Å². The highest BCUT2D eigenvalue weighted by molar-refractivity contribution is 7.14. The van der Waals surface area contributed by atoms with Gasteiger partial charge in [-0.1, -0.05) is 23.5 Å². The second kappa shape index (κ2) is 5.25. The summed E-state index contributed by atoms with van der Waals surface area (Å²) in [5, 5.41) is 19.8. The fourth-order valence-corrected chi connectivity index (χ4v) is 2.54. The van der Waals surface area contributed by atoms with Crippen molar-refractivity contribution in [1.29, 1.82) is 0 Å². The summed E-state index contributed by atoms with van der Waals surface area (Å²) in [4.78, 5) is 0. The van der Waals surface area contributed by atoms with Crippen LogP contribution in [0.4, 0.5) is 0 Å². The Morgan fingerprint density at radius 3 is 2.94 bits per heavy atom. The Bertz CT molecular complexity index is 510. The van der Waals surface area contributed by atoms with Gasteiger partial charge in [-0.25, -0.2) is 0 Å². The Hall–Kier alpha value is -1.46. The summed E-state index contributed by atoms with van der Waals surface area (Å²) in [6.45, 7) is 2.55. The zero-order chi connectivity index (χ0) is 12.3. The number of rotatable bonds is 4. The number of nitrogens with two attached hydrogens (primary N) is 1. The van der Waals surface area contributed by atoms with E-state index < -0.39 is 0 Å². The van der Waals surface area contributed by atoms with Crippen molar-refractivity contribution in [2.45, 2.75) is 19.8 Å². The summed E-state index contributed by atoms with van der Waals surface area (Å²) < 4.78 is 0. The first-order chi connectivity index (χ1) is 8.22. The van der Waals surface area contributed by atoms with E-state index in [4.69, 9.17) is 5.73 Å². The van der Waals surface area contributed by atoms with Crippen molar-refractivity contribution >= 4 is 11.3 Å². The van der Waals surface area contributed by atoms with Crippen molar-refractivity contribution in [2.75, 3.05) is 6.54 Å². The summed E-state index contributed by atoms with van der Waals surface area (Å²) in [7, 11) is 0. The zero-order valence-corrected chi connectivity index (χ0v) is 10.5. The molecule has 2 aromatic rings. The lowest BCUT2D eigenvalue weighted by molar-refractivity contribution is 0.471. The Morgan fingerprint density at radius 2 is 2.18 bits per heavy atom. The molecule has 0 radical (unpaired) electrons. The summed E-state index contributed by atoms with van der Waals surface area (Å²) in [5.41, 5.74) is 7.25. The molecule has 0 bridgehead atoms. The summed E-state index contributed by atoms with van der Waals surface area (Å²) in [6, 6.07) is 5.44. The SMILES string of the molecule is Cc1c(O)cccc1-c1nnc(CCCN)s1. The van der Waals surface area contributed by atoms with Gasteiger partial charge in [0, 0.05) is 17.5 Å². The van der Waals surface area contributed by atoms with Gasteiger partial charge in [0.05, 0.1) is 0 Å². The van der Waals surface area contributed by atoms with Crippen LogP contribution in [0.25, 0.3) is 10.6 Å². The topological polar surface area (TPSA) is 72.0 Å². The normalized spacial score (nSPS) is 10.7. The molecule has 17 heavy (non-hydrogen) atoms. The van der Waals surface area contributed by atoms with Crippen LogP contribution in [0.5, 0.6) is 5.75 Å². The Labute approximate surface area is 104 Å². The van der Waals surface area contributed by atoms with Crippen molar-refractivity contribution < 1.29 is 5.11 Å². The largest absolute Gasteiger partial charge is 0.508 e. The molecule has 0 amide bonds. The second-order valence-electron chi connectivity index (χ2n) is 3.84. The fraction of sp³-hybridized carbons (Fsp3) is 0.333. The first kappa shape index (κ1) is 12.0. The maximum Gasteiger partial charge on any atom is 0.148 e. The van der Waals surface area contributed by atoms with Crippen LogP contribution in [0, 0.1) is 6.92 Å². The number of phenols is 1. The lowest BCUT2D eigenvalue weighted by Crippen LogP contribution is -1.99. The number of aromatic hydroxyl groups is 1. The van der Waals surface area contributed by atoms with Crippen LogP contribution in [0.1, 0.15) is 17.0 Å². The average molecular weight is 249 g/mol. The lowest BCUT2D eigenvalue weighted by atomic mass is 10.1. The summed E-state index contributed by atoms with van der Waals surface area (Å²) in [5.74, 6) is 0.293. The molecule has 0 saturated carbocycles. The van der Waals surface area contributed by atoms with Crippen LogP contribution in [0.2, 0.25) is 0 Å². The molecule has 0 aliphatic carbocycles. The van der Waals surface area contributed by atoms with Gasteiger partial charge in [0.15, 0.2) is 0 Å². The van der Waals surface area contributed by atoms with Crippen LogP contribution in [0.15, 0.2) is 18.2 Å². The highest BCUT2D eigenvalue weighted by atomic mass is 32.1. The van der Waals surface area contributed by atoms with Crippen LogP contribution in [-0.4, -0.2) is 21.8 Å². The molecule has 0 atom stereocenters. The van der Waals surface area contributed by atoms with Crippen LogP contribution in [-0.2, 0) is 6.42 Å². The minimum absolute atomic E-state index is 0.293. The van der Waals surface area contributed by atoms with E-state index in [1.807, 2.05) is 19.1 Å². The van der Waals surface area contributed by atoms with Gasteiger partial charge in [0.25, 0.3) is 0 Å². The molecule has 2 rings (SSSR count). The molecule has 0 aliphatic rings. The van der Waals surface area contributed by atoms with Gasteiger partial charge in [-0.15, -0.1) is 10.2 Å². The molecule has 0 saturated heterocycles. The van der Waals surface area contributed by atoms with Gasteiger partial charge in [-0.3, -0.25) is 0 Å². The smallest absolute Gasteiger partial charge is 0.148 e. The monoisotopic (exact) mass is 249 g/mol. The average Bonchev–Trinajstić information content (AvgIpc) is 2.78. The molecule has 0 spiro atoms. The standard InChI is InChI=1S/C12H15N3OS/c1-8-9(4-2-5-10(8)16)12-15-14-11(17-12)6-3-7-13/h2,4-5,16H,3,6-7,13H2,1H3. The molecular weight excluding hydrogens is 234 g/mol. The summed E-state index contributed by atoms with van der Waals surface area (Å²) >= 11 is 1.56. The predicted molar refractivity (Wildman–Crippen MR) is 69.1 cm³/mol. The van der Waals surface area contributed by atoms with E-state index in [2.05, 4.69) is 10.2 Å². The van der Waals surface area contributed by atoms with Crippen LogP contribution in [0.3, 0.4) is 0 Å². The highest BCUT2D eigenvalue weighted by Crippen LogP contribution is 2.31. The molecule has 5 heteroatoms. The number of benzene rings is 1. The van der Waals surface area contributed by atoms with Gasteiger partial charge in [-0.05, 0) is 26.0 Å². The molecule has 1 aromatic carbocycles. The van der Waals surface area contributed by atoms with E-state index in [1.165, 1.54) is 0 Å². The van der Waals surface area contributed by atoms with Gasteiger partial charge >= 0.3 is 0 Å². The third-order valence-corrected chi connectivity index (χ3v) is 3.61. The molecule has 4 nitrogen and oxygen atoms in total. The number of nitrogens with zero attached hydrogens (tertiary/aromatic N) is 2. The first-order valence-corrected chi connectivity index (χ1v) is 6.35. The number of hydrogen-bond acceptors (Lipinski definition) is 5. The third kappa shape index (κ3) is 2.62. The molecule has 1 aromatic heterocycles. The second-order valence-corrected chi connectivity index (χ2v) is 4.90. The maximum atomic E-state index is 9.65. The number of hydrogen-bond donors (Lipinski definition) is 2. The number of aryl methyl sites for hydroxylation is 1. The van der Waals surface area contributed by atoms with Crippen LogP contribution < -0.4 is 5.73 Å². The molecule has 0 unspecified atom stereocenters. The predicted octanol–water partition coefficient (Wildman–Crippen LogP) is 2.11. The zero-order valence-electron chi connectivity index (χ0n) is 9.68. The summed E-state index contributed by atoms with van der Waals surface area (Å²) in [6.07, 6.45) is 1.79. The Balaban J connectivity index is 2.27. The molecule has 0 aliphatic heterocycles. The number of aromatic nitrogens is 2. The van der Waals surface area contributed by atoms with Crippen molar-refractivity contribution in [3.05, 3.63) is 28.8 Å². The molecule has 90 valence electrons. The van der Waals surface area contributed by atoms with Crippen molar-refractivity contribution in [2.24, 2.45) is 5.73 Å². The molecule has 3 N–H and O–H groups in total. The van der Waals surface area contributed by atoms with Crippen molar-refractivity contribution in [3.8, 4) is 16.3 Å².